The second kappa shape index (κ2) is 5.54. The van der Waals surface area contributed by atoms with Crippen LogP contribution in [0.1, 0.15) is 44.7 Å². The number of aryl methyl sites for hydroxylation is 1. The SMILES string of the molecule is CNCC(C)(C)Oc1cc(C)ccc1C(C)C. The molecule has 0 spiro atoms. The summed E-state index contributed by atoms with van der Waals surface area (Å²) in [4.78, 5) is 0. The first-order chi connectivity index (χ1) is 7.85. The number of rotatable bonds is 5. The fourth-order valence-corrected chi connectivity index (χ4v) is 1.97. The summed E-state index contributed by atoms with van der Waals surface area (Å²) in [5.74, 6) is 1.50. The molecule has 0 radical (unpaired) electrons. The van der Waals surface area contributed by atoms with Crippen LogP contribution in [-0.4, -0.2) is 19.2 Å². The van der Waals surface area contributed by atoms with Gasteiger partial charge in [-0.15, -0.1) is 0 Å². The minimum absolute atomic E-state index is 0.188. The van der Waals surface area contributed by atoms with Gasteiger partial charge in [0, 0.05) is 6.54 Å². The Morgan fingerprint density at radius 1 is 1.29 bits per heavy atom. The second-order valence-electron chi connectivity index (χ2n) is 5.59. The number of hydrogen-bond donors (Lipinski definition) is 1. The molecule has 1 N–H and O–H groups in total. The molecule has 0 bridgehead atoms. The normalized spacial score (nSPS) is 11.9. The van der Waals surface area contributed by atoms with Crippen LogP contribution in [0.2, 0.25) is 0 Å². The molecular formula is C15H25NO. The fourth-order valence-electron chi connectivity index (χ4n) is 1.97. The van der Waals surface area contributed by atoms with Crippen LogP contribution in [0, 0.1) is 6.92 Å². The Labute approximate surface area is 105 Å². The highest BCUT2D eigenvalue weighted by Crippen LogP contribution is 2.30. The highest BCUT2D eigenvalue weighted by atomic mass is 16.5. The summed E-state index contributed by atoms with van der Waals surface area (Å²) in [6.07, 6.45) is 0. The fraction of sp³-hybridized carbons (Fsp3) is 0.600. The Morgan fingerprint density at radius 2 is 1.94 bits per heavy atom. The van der Waals surface area contributed by atoms with E-state index in [4.69, 9.17) is 4.74 Å². The molecule has 0 saturated carbocycles. The molecule has 0 aliphatic carbocycles. The maximum Gasteiger partial charge on any atom is 0.123 e. The Bertz CT molecular complexity index is 369. The molecule has 0 aromatic heterocycles. The van der Waals surface area contributed by atoms with E-state index in [9.17, 15) is 0 Å². The minimum Gasteiger partial charge on any atom is -0.486 e. The molecular weight excluding hydrogens is 210 g/mol. The van der Waals surface area contributed by atoms with Crippen LogP contribution >= 0.6 is 0 Å². The number of nitrogens with one attached hydrogen (secondary N) is 1. The molecule has 0 heterocycles. The predicted octanol–water partition coefficient (Wildman–Crippen LogP) is 3.50. The van der Waals surface area contributed by atoms with E-state index in [-0.39, 0.29) is 5.60 Å². The predicted molar refractivity (Wildman–Crippen MR) is 73.9 cm³/mol. The van der Waals surface area contributed by atoms with Crippen LogP contribution in [-0.2, 0) is 0 Å². The second-order valence-corrected chi connectivity index (χ2v) is 5.59. The van der Waals surface area contributed by atoms with Gasteiger partial charge in [-0.3, -0.25) is 0 Å². The summed E-state index contributed by atoms with van der Waals surface area (Å²) in [7, 11) is 1.95. The molecule has 1 aromatic rings. The summed E-state index contributed by atoms with van der Waals surface area (Å²) in [5, 5.41) is 3.17. The third-order valence-electron chi connectivity index (χ3n) is 2.78. The van der Waals surface area contributed by atoms with Gasteiger partial charge in [-0.1, -0.05) is 26.0 Å². The lowest BCUT2D eigenvalue weighted by Crippen LogP contribution is -2.39. The molecule has 2 heteroatoms. The molecule has 17 heavy (non-hydrogen) atoms. The molecule has 96 valence electrons. The van der Waals surface area contributed by atoms with Gasteiger partial charge < -0.3 is 10.1 Å². The van der Waals surface area contributed by atoms with Gasteiger partial charge in [0.15, 0.2) is 0 Å². The topological polar surface area (TPSA) is 21.3 Å². The third kappa shape index (κ3) is 4.04. The molecule has 0 aliphatic heterocycles. The van der Waals surface area contributed by atoms with Crippen LogP contribution in [0.3, 0.4) is 0 Å². The van der Waals surface area contributed by atoms with E-state index in [2.05, 4.69) is 58.1 Å². The van der Waals surface area contributed by atoms with Crippen LogP contribution in [0.4, 0.5) is 0 Å². The standard InChI is InChI=1S/C15H25NO/c1-11(2)13-8-7-12(3)9-14(13)17-15(4,5)10-16-6/h7-9,11,16H,10H2,1-6H3. The van der Waals surface area contributed by atoms with Gasteiger partial charge in [0.05, 0.1) is 0 Å². The third-order valence-corrected chi connectivity index (χ3v) is 2.78. The number of likely N-dealkylation sites (N-methyl/N-ethyl adjacent to an activating group) is 1. The summed E-state index contributed by atoms with van der Waals surface area (Å²) in [6, 6.07) is 6.45. The molecule has 0 saturated heterocycles. The first-order valence-electron chi connectivity index (χ1n) is 6.30. The lowest BCUT2D eigenvalue weighted by Gasteiger charge is -2.28. The number of benzene rings is 1. The van der Waals surface area contributed by atoms with Crippen molar-refractivity contribution in [3.63, 3.8) is 0 Å². The van der Waals surface area contributed by atoms with E-state index < -0.39 is 0 Å². The van der Waals surface area contributed by atoms with Crippen molar-refractivity contribution < 1.29 is 4.74 Å². The van der Waals surface area contributed by atoms with Crippen molar-refractivity contribution in [3.8, 4) is 5.75 Å². The van der Waals surface area contributed by atoms with Crippen molar-refractivity contribution in [1.82, 2.24) is 5.32 Å². The molecule has 0 amide bonds. The van der Waals surface area contributed by atoms with E-state index in [0.717, 1.165) is 12.3 Å². The first kappa shape index (κ1) is 14.0. The average Bonchev–Trinajstić information content (AvgIpc) is 2.15. The van der Waals surface area contributed by atoms with Crippen molar-refractivity contribution in [2.75, 3.05) is 13.6 Å². The zero-order chi connectivity index (χ0) is 13.1. The summed E-state index contributed by atoms with van der Waals surface area (Å²) >= 11 is 0. The quantitative estimate of drug-likeness (QED) is 0.843. The monoisotopic (exact) mass is 235 g/mol. The zero-order valence-corrected chi connectivity index (χ0v) is 11.9. The lowest BCUT2D eigenvalue weighted by molar-refractivity contribution is 0.109. The van der Waals surface area contributed by atoms with Gasteiger partial charge in [0.2, 0.25) is 0 Å². The maximum absolute atomic E-state index is 6.15. The molecule has 0 unspecified atom stereocenters. The Morgan fingerprint density at radius 3 is 2.47 bits per heavy atom. The number of ether oxygens (including phenoxy) is 1. The summed E-state index contributed by atoms with van der Waals surface area (Å²) in [6.45, 7) is 11.5. The van der Waals surface area contributed by atoms with Crippen molar-refractivity contribution in [3.05, 3.63) is 29.3 Å². The first-order valence-corrected chi connectivity index (χ1v) is 6.30. The maximum atomic E-state index is 6.15. The Balaban J connectivity index is 2.99. The highest BCUT2D eigenvalue weighted by molar-refractivity contribution is 5.39. The minimum atomic E-state index is -0.188. The zero-order valence-electron chi connectivity index (χ0n) is 11.9. The van der Waals surface area contributed by atoms with E-state index in [0.29, 0.717) is 5.92 Å². The van der Waals surface area contributed by atoms with Crippen molar-refractivity contribution in [1.29, 1.82) is 0 Å². The molecule has 1 rings (SSSR count). The number of hydrogen-bond acceptors (Lipinski definition) is 2. The van der Waals surface area contributed by atoms with Crippen LogP contribution in [0.15, 0.2) is 18.2 Å². The van der Waals surface area contributed by atoms with Crippen LogP contribution in [0.5, 0.6) is 5.75 Å². The summed E-state index contributed by atoms with van der Waals surface area (Å²) < 4.78 is 6.15. The molecule has 0 atom stereocenters. The van der Waals surface area contributed by atoms with E-state index >= 15 is 0 Å². The van der Waals surface area contributed by atoms with Crippen molar-refractivity contribution in [2.24, 2.45) is 0 Å². The van der Waals surface area contributed by atoms with Gasteiger partial charge in [0.1, 0.15) is 11.4 Å². The van der Waals surface area contributed by atoms with Crippen molar-refractivity contribution >= 4 is 0 Å². The van der Waals surface area contributed by atoms with Crippen molar-refractivity contribution in [2.45, 2.75) is 46.1 Å². The van der Waals surface area contributed by atoms with Gasteiger partial charge in [-0.05, 0) is 50.9 Å². The van der Waals surface area contributed by atoms with Gasteiger partial charge in [-0.2, -0.15) is 0 Å². The van der Waals surface area contributed by atoms with E-state index in [1.54, 1.807) is 0 Å². The van der Waals surface area contributed by atoms with Gasteiger partial charge in [-0.25, -0.2) is 0 Å². The smallest absolute Gasteiger partial charge is 0.123 e. The molecule has 0 aliphatic rings. The van der Waals surface area contributed by atoms with E-state index in [1.165, 1.54) is 11.1 Å². The van der Waals surface area contributed by atoms with Crippen LogP contribution in [0.25, 0.3) is 0 Å². The molecule has 0 fully saturated rings. The van der Waals surface area contributed by atoms with E-state index in [1.807, 2.05) is 7.05 Å². The largest absolute Gasteiger partial charge is 0.486 e. The summed E-state index contributed by atoms with van der Waals surface area (Å²) in [5.41, 5.74) is 2.33. The van der Waals surface area contributed by atoms with Crippen LogP contribution < -0.4 is 10.1 Å². The average molecular weight is 235 g/mol. The molecule has 1 aromatic carbocycles. The Kier molecular flexibility index (Phi) is 4.58. The lowest BCUT2D eigenvalue weighted by atomic mass is 10.00. The van der Waals surface area contributed by atoms with Gasteiger partial charge >= 0.3 is 0 Å². The highest BCUT2D eigenvalue weighted by Gasteiger charge is 2.21. The Hall–Kier alpha value is -1.02. The molecule has 2 nitrogen and oxygen atoms in total. The van der Waals surface area contributed by atoms with Gasteiger partial charge in [0.25, 0.3) is 0 Å².